The summed E-state index contributed by atoms with van der Waals surface area (Å²) in [5.41, 5.74) is 10.9. The molecule has 3 heterocycles. The average Bonchev–Trinajstić information content (AvgIpc) is 3.72. The highest BCUT2D eigenvalue weighted by atomic mass is 19.3. The molecule has 1 amide bonds. The number of rotatable bonds is 10. The number of nitrogens with two attached hydrogens (primary N) is 1. The number of carbonyl (C=O) groups excluding carboxylic acids is 1. The zero-order valence-electron chi connectivity index (χ0n) is 26.5. The molecule has 10 heteroatoms. The lowest BCUT2D eigenvalue weighted by molar-refractivity contribution is -0.116. The maximum absolute atomic E-state index is 13.6. The summed E-state index contributed by atoms with van der Waals surface area (Å²) in [6, 6.07) is 23.0. The highest BCUT2D eigenvalue weighted by Gasteiger charge is 2.36. The minimum atomic E-state index is -2.68. The molecular formula is C38H36F2N4O4. The van der Waals surface area contributed by atoms with Gasteiger partial charge in [0.15, 0.2) is 0 Å². The second kappa shape index (κ2) is 13.8. The molecule has 0 radical (unpaired) electrons. The van der Waals surface area contributed by atoms with E-state index in [1.165, 1.54) is 6.08 Å². The van der Waals surface area contributed by atoms with E-state index in [0.717, 1.165) is 38.6 Å². The van der Waals surface area contributed by atoms with E-state index < -0.39 is 12.2 Å². The molecule has 1 fully saturated rings. The van der Waals surface area contributed by atoms with E-state index in [9.17, 15) is 18.7 Å². The molecule has 1 saturated heterocycles. The molecule has 0 aliphatic carbocycles. The van der Waals surface area contributed by atoms with Crippen LogP contribution < -0.4 is 11.1 Å². The normalized spacial score (nSPS) is 16.5. The van der Waals surface area contributed by atoms with Gasteiger partial charge in [0.25, 0.3) is 5.92 Å². The Kier molecular flexibility index (Phi) is 9.38. The number of carbonyl (C=O) groups is 1. The molecule has 0 bridgehead atoms. The van der Waals surface area contributed by atoms with Gasteiger partial charge in [-0.05, 0) is 66.7 Å². The van der Waals surface area contributed by atoms with Crippen molar-refractivity contribution in [2.75, 3.05) is 13.1 Å². The number of para-hydroxylation sites is 1. The van der Waals surface area contributed by atoms with Gasteiger partial charge in [0.2, 0.25) is 5.91 Å². The third-order valence-corrected chi connectivity index (χ3v) is 8.41. The van der Waals surface area contributed by atoms with Gasteiger partial charge in [0.05, 0.1) is 12.1 Å². The van der Waals surface area contributed by atoms with Gasteiger partial charge in [-0.15, -0.1) is 0 Å². The van der Waals surface area contributed by atoms with E-state index in [2.05, 4.69) is 17.0 Å². The summed E-state index contributed by atoms with van der Waals surface area (Å²) in [4.78, 5) is 17.9. The molecule has 1 aliphatic heterocycles. The molecule has 0 spiro atoms. The fraction of sp³-hybridized carbons (Fsp3) is 0.211. The zero-order valence-corrected chi connectivity index (χ0v) is 26.5. The van der Waals surface area contributed by atoms with E-state index in [4.69, 9.17) is 14.6 Å². The molecule has 0 saturated carbocycles. The second-order valence-electron chi connectivity index (χ2n) is 11.9. The molecule has 5 aromatic rings. The first kappa shape index (κ1) is 32.6. The Bertz CT molecular complexity index is 2010. The molecule has 1 unspecified atom stereocenters. The van der Waals surface area contributed by atoms with E-state index in [1.54, 1.807) is 23.1 Å². The van der Waals surface area contributed by atoms with E-state index >= 15 is 0 Å². The molecule has 1 atom stereocenters. The molecule has 8 nitrogen and oxygen atoms in total. The van der Waals surface area contributed by atoms with Gasteiger partial charge in [-0.3, -0.25) is 9.69 Å². The lowest BCUT2D eigenvalue weighted by Gasteiger charge is -2.35. The first-order valence-electron chi connectivity index (χ1n) is 15.6. The van der Waals surface area contributed by atoms with Crippen molar-refractivity contribution in [3.05, 3.63) is 120 Å². The third kappa shape index (κ3) is 7.46. The lowest BCUT2D eigenvalue weighted by Crippen LogP contribution is -2.41. The summed E-state index contributed by atoms with van der Waals surface area (Å²) in [6.07, 6.45) is 4.94. The Morgan fingerprint density at radius 3 is 2.50 bits per heavy atom. The number of likely N-dealkylation sites (tertiary alicyclic amines) is 1. The Labute approximate surface area is 276 Å². The summed E-state index contributed by atoms with van der Waals surface area (Å²) in [5.74, 6) is -1.50. The van der Waals surface area contributed by atoms with Crippen molar-refractivity contribution in [2.24, 2.45) is 10.7 Å². The summed E-state index contributed by atoms with van der Waals surface area (Å²) < 4.78 is 39.8. The zero-order chi connectivity index (χ0) is 33.8. The minimum Gasteiger partial charge on any atom is -0.458 e. The van der Waals surface area contributed by atoms with Crippen LogP contribution in [0, 0.1) is 0 Å². The van der Waals surface area contributed by atoms with Crippen LogP contribution >= 0.6 is 0 Å². The Balaban J connectivity index is 1.27. The quantitative estimate of drug-likeness (QED) is 0.0805. The lowest BCUT2D eigenvalue weighted by atomic mass is 9.98. The van der Waals surface area contributed by atoms with E-state index in [-0.39, 0.29) is 44.2 Å². The van der Waals surface area contributed by atoms with Crippen LogP contribution in [0.5, 0.6) is 0 Å². The van der Waals surface area contributed by atoms with Gasteiger partial charge in [0.1, 0.15) is 34.7 Å². The van der Waals surface area contributed by atoms with Crippen LogP contribution in [0.25, 0.3) is 44.4 Å². The molecule has 3 aromatic carbocycles. The van der Waals surface area contributed by atoms with Gasteiger partial charge in [-0.1, -0.05) is 60.2 Å². The molecule has 246 valence electrons. The minimum absolute atomic E-state index is 0.130. The SMILES string of the molecule is C=N\C(N)=C/C=C(C)/C=C/C(=O)NCc1cc2cc(-c3ccc(C(O)N4CCC(F)(F)CC4)cc3)cc(-c3cc4ccccc4o3)c2o1. The van der Waals surface area contributed by atoms with Crippen molar-refractivity contribution in [1.82, 2.24) is 10.2 Å². The highest BCUT2D eigenvalue weighted by Crippen LogP contribution is 2.39. The van der Waals surface area contributed by atoms with Gasteiger partial charge in [-0.25, -0.2) is 13.8 Å². The number of aliphatic hydroxyl groups excluding tert-OH is 1. The molecule has 2 aromatic heterocycles. The van der Waals surface area contributed by atoms with Crippen LogP contribution in [0.4, 0.5) is 8.78 Å². The monoisotopic (exact) mass is 650 g/mol. The first-order chi connectivity index (χ1) is 23.1. The number of benzene rings is 3. The van der Waals surface area contributed by atoms with Crippen LogP contribution in [-0.2, 0) is 11.3 Å². The predicted octanol–water partition coefficient (Wildman–Crippen LogP) is 7.85. The Morgan fingerprint density at radius 2 is 1.77 bits per heavy atom. The van der Waals surface area contributed by atoms with Gasteiger partial charge in [0, 0.05) is 42.8 Å². The number of hydrogen-bond acceptors (Lipinski definition) is 7. The maximum Gasteiger partial charge on any atom is 0.250 e. The number of aliphatic imine (C=N–C) groups is 1. The maximum atomic E-state index is 13.6. The van der Waals surface area contributed by atoms with Gasteiger partial charge >= 0.3 is 0 Å². The standard InChI is InChI=1S/C38H36F2N4O4/c1-24(7-13-34(41)42-2)8-14-35(45)43-23-30-20-29-19-28(21-31(36(29)47-30)33-22-27-5-3-4-6-32(27)48-33)25-9-11-26(12-10-25)37(46)44-17-15-38(39,40)16-18-44/h3-14,19-22,37,46H,2,15-18,23,41H2,1H3,(H,43,45)/b14-8+,24-7+,34-13-. The fourth-order valence-corrected chi connectivity index (χ4v) is 5.68. The number of hydrogen-bond donors (Lipinski definition) is 3. The number of nitrogens with one attached hydrogen (secondary N) is 1. The van der Waals surface area contributed by atoms with Crippen LogP contribution in [0.3, 0.4) is 0 Å². The second-order valence-corrected chi connectivity index (χ2v) is 11.9. The fourth-order valence-electron chi connectivity index (χ4n) is 5.68. The van der Waals surface area contributed by atoms with Crippen molar-refractivity contribution in [3.63, 3.8) is 0 Å². The molecule has 1 aliphatic rings. The number of aliphatic hydroxyl groups is 1. The van der Waals surface area contributed by atoms with E-state index in [0.29, 0.717) is 22.7 Å². The number of nitrogens with zero attached hydrogens (tertiary/aromatic N) is 2. The smallest absolute Gasteiger partial charge is 0.250 e. The Hall–Kier alpha value is -5.32. The van der Waals surface area contributed by atoms with Gasteiger partial charge < -0.3 is 25.0 Å². The largest absolute Gasteiger partial charge is 0.458 e. The number of fused-ring (bicyclic) bond motifs is 2. The van der Waals surface area contributed by atoms with Gasteiger partial charge in [-0.2, -0.15) is 0 Å². The summed E-state index contributed by atoms with van der Waals surface area (Å²) >= 11 is 0. The number of piperidine rings is 1. The first-order valence-corrected chi connectivity index (χ1v) is 15.6. The van der Waals surface area contributed by atoms with Crippen molar-refractivity contribution >= 4 is 34.6 Å². The number of amides is 1. The summed E-state index contributed by atoms with van der Waals surface area (Å²) in [7, 11) is 0. The Morgan fingerprint density at radius 1 is 1.02 bits per heavy atom. The predicted molar refractivity (Wildman–Crippen MR) is 184 cm³/mol. The molecule has 48 heavy (non-hydrogen) atoms. The molecular weight excluding hydrogens is 614 g/mol. The summed E-state index contributed by atoms with van der Waals surface area (Å²) in [6.45, 7) is 5.62. The average molecular weight is 651 g/mol. The van der Waals surface area contributed by atoms with Crippen molar-refractivity contribution < 1.29 is 27.5 Å². The molecule has 4 N–H and O–H groups in total. The highest BCUT2D eigenvalue weighted by molar-refractivity contribution is 5.98. The molecule has 6 rings (SSSR count). The number of halogens is 2. The number of allylic oxidation sites excluding steroid dienone is 4. The van der Waals surface area contributed by atoms with Crippen molar-refractivity contribution in [2.45, 2.75) is 38.5 Å². The van der Waals surface area contributed by atoms with Crippen molar-refractivity contribution in [3.8, 4) is 22.5 Å². The van der Waals surface area contributed by atoms with Crippen LogP contribution in [-0.4, -0.2) is 41.6 Å². The van der Waals surface area contributed by atoms with Crippen LogP contribution in [0.2, 0.25) is 0 Å². The number of alkyl halides is 2. The van der Waals surface area contributed by atoms with E-state index in [1.807, 2.05) is 79.7 Å². The summed E-state index contributed by atoms with van der Waals surface area (Å²) in [5, 5.41) is 15.5. The third-order valence-electron chi connectivity index (χ3n) is 8.41. The topological polar surface area (TPSA) is 117 Å². The van der Waals surface area contributed by atoms with Crippen LogP contribution in [0.1, 0.15) is 37.3 Å². The van der Waals surface area contributed by atoms with Crippen molar-refractivity contribution in [1.29, 1.82) is 0 Å². The number of furan rings is 2. The van der Waals surface area contributed by atoms with Crippen LogP contribution in [0.15, 0.2) is 122 Å².